The van der Waals surface area contributed by atoms with Crippen LogP contribution in [0.25, 0.3) is 17.1 Å². The molecule has 0 aliphatic carbocycles. The average molecular weight is 622 g/mol. The van der Waals surface area contributed by atoms with E-state index in [2.05, 4.69) is 81.1 Å². The quantitative estimate of drug-likeness (QED) is 0.172. The van der Waals surface area contributed by atoms with Crippen LogP contribution in [-0.2, 0) is 0 Å². The van der Waals surface area contributed by atoms with Gasteiger partial charge in [0.15, 0.2) is 11.0 Å². The van der Waals surface area contributed by atoms with Crippen molar-refractivity contribution in [3.8, 4) is 22.8 Å². The van der Waals surface area contributed by atoms with Gasteiger partial charge in [0, 0.05) is 23.0 Å². The first-order valence-electron chi connectivity index (χ1n) is 13.8. The van der Waals surface area contributed by atoms with Gasteiger partial charge >= 0.3 is 12.4 Å². The maximum absolute atomic E-state index is 12.7. The van der Waals surface area contributed by atoms with E-state index in [4.69, 9.17) is 0 Å². The number of aryl methyl sites for hydroxylation is 1. The lowest BCUT2D eigenvalue weighted by molar-refractivity contribution is -0.274. The highest BCUT2D eigenvalue weighted by molar-refractivity contribution is 8.14. The number of alkyl halides is 3. The van der Waals surface area contributed by atoms with Crippen LogP contribution in [0.5, 0.6) is 5.75 Å². The second kappa shape index (κ2) is 12.9. The van der Waals surface area contributed by atoms with Crippen molar-refractivity contribution in [2.24, 2.45) is 10.1 Å². The van der Waals surface area contributed by atoms with E-state index in [-0.39, 0.29) is 11.8 Å². The van der Waals surface area contributed by atoms with Crippen LogP contribution in [0.3, 0.4) is 0 Å². The maximum Gasteiger partial charge on any atom is 0.573 e. The third kappa shape index (κ3) is 7.46. The van der Waals surface area contributed by atoms with Gasteiger partial charge in [-0.15, -0.1) is 18.3 Å². The molecule has 0 radical (unpaired) electrons. The van der Waals surface area contributed by atoms with Crippen molar-refractivity contribution in [3.05, 3.63) is 89.7 Å². The number of amidine groups is 1. The molecule has 9 nitrogen and oxygen atoms in total. The molecule has 1 aromatic heterocycles. The van der Waals surface area contributed by atoms with Crippen molar-refractivity contribution >= 4 is 34.9 Å². The molecule has 2 amide bonds. The molecule has 1 N–H and O–H groups in total. The third-order valence-corrected chi connectivity index (χ3v) is 7.93. The summed E-state index contributed by atoms with van der Waals surface area (Å²) >= 11 is 1.54. The van der Waals surface area contributed by atoms with Crippen LogP contribution >= 0.6 is 11.8 Å². The number of hydrogen-bond acceptors (Lipinski definition) is 6. The van der Waals surface area contributed by atoms with Crippen molar-refractivity contribution in [1.29, 1.82) is 0 Å². The summed E-state index contributed by atoms with van der Waals surface area (Å²) in [6, 6.07) is 18.5. The fraction of sp³-hybridized carbons (Fsp3) is 0.258. The zero-order valence-electron chi connectivity index (χ0n) is 24.4. The van der Waals surface area contributed by atoms with Gasteiger partial charge in [-0.1, -0.05) is 67.6 Å². The lowest BCUT2D eigenvalue weighted by Gasteiger charge is -2.27. The number of anilines is 1. The van der Waals surface area contributed by atoms with E-state index < -0.39 is 12.4 Å². The number of carbonyl (C=O) groups is 1. The van der Waals surface area contributed by atoms with Crippen molar-refractivity contribution in [3.63, 3.8) is 0 Å². The van der Waals surface area contributed by atoms with E-state index >= 15 is 0 Å². The van der Waals surface area contributed by atoms with E-state index in [1.165, 1.54) is 52.6 Å². The van der Waals surface area contributed by atoms with Crippen LogP contribution in [0, 0.1) is 6.92 Å². The summed E-state index contributed by atoms with van der Waals surface area (Å²) in [7, 11) is 0. The van der Waals surface area contributed by atoms with Crippen LogP contribution in [0.2, 0.25) is 0 Å². The minimum Gasteiger partial charge on any atom is -0.406 e. The molecule has 1 atom stereocenters. The van der Waals surface area contributed by atoms with Gasteiger partial charge in [0.05, 0.1) is 11.9 Å². The van der Waals surface area contributed by atoms with Crippen molar-refractivity contribution in [2.45, 2.75) is 46.0 Å². The number of urea groups is 1. The lowest BCUT2D eigenvalue weighted by Crippen LogP contribution is -2.33. The number of aliphatic imine (C=N–C) groups is 1. The number of nitrogens with zero attached hydrogens (tertiary/aromatic N) is 6. The van der Waals surface area contributed by atoms with Crippen molar-refractivity contribution in [1.82, 2.24) is 20.2 Å². The van der Waals surface area contributed by atoms with Gasteiger partial charge in [-0.2, -0.15) is 10.1 Å². The second-order valence-electron chi connectivity index (χ2n) is 10.5. The highest BCUT2D eigenvalue weighted by atomic mass is 32.2. The second-order valence-corrected chi connectivity index (χ2v) is 11.5. The highest BCUT2D eigenvalue weighted by Gasteiger charge is 2.32. The molecule has 13 heteroatoms. The molecule has 5 rings (SSSR count). The van der Waals surface area contributed by atoms with E-state index in [1.54, 1.807) is 36.0 Å². The molecule has 44 heavy (non-hydrogen) atoms. The van der Waals surface area contributed by atoms with Crippen LogP contribution in [0.4, 0.5) is 23.7 Å². The third-order valence-electron chi connectivity index (χ3n) is 6.73. The van der Waals surface area contributed by atoms with Gasteiger partial charge < -0.3 is 9.64 Å². The summed E-state index contributed by atoms with van der Waals surface area (Å²) in [5.41, 5.74) is 7.91. The summed E-state index contributed by atoms with van der Waals surface area (Å²) in [5.74, 6) is 1.25. The number of rotatable bonds is 7. The predicted octanol–water partition coefficient (Wildman–Crippen LogP) is 7.31. The molecule has 1 saturated heterocycles. The Kier molecular flexibility index (Phi) is 9.04. The Morgan fingerprint density at radius 1 is 1.11 bits per heavy atom. The first-order valence-corrected chi connectivity index (χ1v) is 14.8. The number of thioether (sulfide) groups is 1. The molecule has 1 aliphatic heterocycles. The summed E-state index contributed by atoms with van der Waals surface area (Å²) in [6.07, 6.45) is -1.78. The van der Waals surface area contributed by atoms with E-state index in [0.717, 1.165) is 22.6 Å². The number of amides is 2. The van der Waals surface area contributed by atoms with Crippen LogP contribution in [0.1, 0.15) is 43.4 Å². The molecule has 3 aromatic carbocycles. The summed E-state index contributed by atoms with van der Waals surface area (Å²) < 4.78 is 42.5. The molecule has 0 saturated carbocycles. The largest absolute Gasteiger partial charge is 0.573 e. The smallest absolute Gasteiger partial charge is 0.406 e. The van der Waals surface area contributed by atoms with Gasteiger partial charge in [-0.3, -0.25) is 0 Å². The Labute approximate surface area is 256 Å². The number of benzene rings is 3. The lowest BCUT2D eigenvalue weighted by atomic mass is 9.98. The van der Waals surface area contributed by atoms with Crippen molar-refractivity contribution in [2.75, 3.05) is 10.7 Å². The van der Waals surface area contributed by atoms with Gasteiger partial charge in [0.1, 0.15) is 12.1 Å². The molecule has 228 valence electrons. The zero-order chi connectivity index (χ0) is 31.4. The number of carbonyl (C=O) groups excluding carboxylic acids is 1. The Morgan fingerprint density at radius 3 is 2.52 bits per heavy atom. The minimum atomic E-state index is -4.76. The molecule has 0 bridgehead atoms. The van der Waals surface area contributed by atoms with Crippen LogP contribution in [-0.4, -0.2) is 50.3 Å². The first-order chi connectivity index (χ1) is 21.0. The molecule has 4 aromatic rings. The van der Waals surface area contributed by atoms with E-state index in [1.807, 2.05) is 0 Å². The number of aromatic nitrogens is 3. The van der Waals surface area contributed by atoms with Crippen molar-refractivity contribution < 1.29 is 22.7 Å². The molecular weight excluding hydrogens is 591 g/mol. The highest BCUT2D eigenvalue weighted by Crippen LogP contribution is 2.36. The Balaban J connectivity index is 1.21. The fourth-order valence-corrected chi connectivity index (χ4v) is 5.73. The Morgan fingerprint density at radius 2 is 1.84 bits per heavy atom. The number of halogens is 3. The standard InChI is InChI=1S/C31H30F3N7O2S/c1-19(2)26-15-20(3)5-14-27(26)41-21(4)17-44-30(41)37-29(42)38-36-16-22-6-8-23(9-7-22)28-35-18-40(39-28)24-10-12-25(13-11-24)43-31(32,33)34/h5-16,18-19,21H,17H2,1-4H3,(H,38,42)/b36-16+,37-30?. The summed E-state index contributed by atoms with van der Waals surface area (Å²) in [6.45, 7) is 8.50. The molecule has 1 unspecified atom stereocenters. The van der Waals surface area contributed by atoms with Crippen LogP contribution in [0.15, 0.2) is 83.2 Å². The normalized spacial score (nSPS) is 16.3. The zero-order valence-corrected chi connectivity index (χ0v) is 25.2. The Hall–Kier alpha value is -4.65. The molecule has 0 spiro atoms. The van der Waals surface area contributed by atoms with E-state index in [9.17, 15) is 18.0 Å². The summed E-state index contributed by atoms with van der Waals surface area (Å²) in [4.78, 5) is 23.4. The topological polar surface area (TPSA) is 97.0 Å². The van der Waals surface area contributed by atoms with Gasteiger partial charge in [-0.25, -0.2) is 19.9 Å². The van der Waals surface area contributed by atoms with Gasteiger partial charge in [-0.05, 0) is 61.2 Å². The molecule has 2 heterocycles. The predicted molar refractivity (Wildman–Crippen MR) is 167 cm³/mol. The number of nitrogens with one attached hydrogen (secondary N) is 1. The first kappa shape index (κ1) is 30.8. The molecule has 1 fully saturated rings. The summed E-state index contributed by atoms with van der Waals surface area (Å²) in [5, 5.41) is 9.10. The number of hydrogen-bond donors (Lipinski definition) is 1. The SMILES string of the molecule is Cc1ccc(N2C(=NC(=O)N/N=C/c3ccc(-c4ncn(-c5ccc(OC(F)(F)F)cc5)n4)cc3)SCC2C)c(C(C)C)c1. The number of hydrazone groups is 1. The van der Waals surface area contributed by atoms with Crippen LogP contribution < -0.4 is 15.1 Å². The fourth-order valence-electron chi connectivity index (χ4n) is 4.62. The maximum atomic E-state index is 12.7. The average Bonchev–Trinajstić information content (AvgIpc) is 3.60. The van der Waals surface area contributed by atoms with E-state index in [0.29, 0.717) is 22.6 Å². The van der Waals surface area contributed by atoms with Gasteiger partial charge in [0.25, 0.3) is 0 Å². The monoisotopic (exact) mass is 621 g/mol. The Bertz CT molecular complexity index is 1680. The number of ether oxygens (including phenoxy) is 1. The molecule has 1 aliphatic rings. The minimum absolute atomic E-state index is 0.188. The van der Waals surface area contributed by atoms with Gasteiger partial charge in [0.2, 0.25) is 0 Å². The molecular formula is C31H30F3N7O2S.